The molecule has 0 radical (unpaired) electrons. The van der Waals surface area contributed by atoms with Crippen molar-refractivity contribution in [2.24, 2.45) is 0 Å². The van der Waals surface area contributed by atoms with Crippen LogP contribution in [0.5, 0.6) is 5.75 Å². The lowest BCUT2D eigenvalue weighted by molar-refractivity contribution is -0.141. The van der Waals surface area contributed by atoms with Gasteiger partial charge >= 0.3 is 5.97 Å². The first-order chi connectivity index (χ1) is 7.91. The molecule has 0 spiro atoms. The summed E-state index contributed by atoms with van der Waals surface area (Å²) >= 11 is 3.37. The number of ether oxygens (including phenoxy) is 2. The number of rotatable bonds is 5. The summed E-state index contributed by atoms with van der Waals surface area (Å²) in [5.74, 6) is 0.283. The molecule has 0 aliphatic heterocycles. The number of para-hydroxylation sites is 1. The molecule has 0 saturated carbocycles. The molecule has 0 N–H and O–H groups in total. The molecule has 0 amide bonds. The Labute approximate surface area is 110 Å². The van der Waals surface area contributed by atoms with E-state index in [2.05, 4.69) is 22.5 Å². The zero-order valence-electron chi connectivity index (χ0n) is 9.90. The maximum Gasteiger partial charge on any atom is 0.333 e. The first kappa shape index (κ1) is 13.8. The van der Waals surface area contributed by atoms with Gasteiger partial charge in [0, 0.05) is 5.57 Å². The quantitative estimate of drug-likeness (QED) is 0.475. The molecule has 17 heavy (non-hydrogen) atoms. The summed E-state index contributed by atoms with van der Waals surface area (Å²) in [4.78, 5) is 11.2. The molecule has 1 aromatic carbocycles. The van der Waals surface area contributed by atoms with Gasteiger partial charge in [-0.1, -0.05) is 24.8 Å². The molecule has 3 nitrogen and oxygen atoms in total. The van der Waals surface area contributed by atoms with E-state index in [0.717, 1.165) is 0 Å². The molecule has 0 saturated heterocycles. The highest BCUT2D eigenvalue weighted by molar-refractivity contribution is 9.10. The lowest BCUT2D eigenvalue weighted by atomic mass is 10.3. The monoisotopic (exact) mass is 298 g/mol. The van der Waals surface area contributed by atoms with Crippen LogP contribution in [0.1, 0.15) is 13.8 Å². The molecule has 1 unspecified atom stereocenters. The Morgan fingerprint density at radius 2 is 2.00 bits per heavy atom. The first-order valence-electron chi connectivity index (χ1n) is 5.16. The lowest BCUT2D eigenvalue weighted by Crippen LogP contribution is -2.32. The van der Waals surface area contributed by atoms with Gasteiger partial charge in [0.2, 0.25) is 0 Å². The van der Waals surface area contributed by atoms with Crippen LogP contribution in [0, 0.1) is 0 Å². The Bertz CT molecular complexity index is 398. The van der Waals surface area contributed by atoms with E-state index in [1.165, 1.54) is 0 Å². The molecule has 0 heterocycles. The molecule has 92 valence electrons. The summed E-state index contributed by atoms with van der Waals surface area (Å²) in [6.07, 6.45) is 0. The normalized spacial score (nSPS) is 13.6. The molecule has 0 aromatic heterocycles. The second-order valence-corrected chi connectivity index (χ2v) is 5.55. The van der Waals surface area contributed by atoms with Gasteiger partial charge in [-0.3, -0.25) is 0 Å². The summed E-state index contributed by atoms with van der Waals surface area (Å²) in [5.41, 5.74) is 0.369. The Hall–Kier alpha value is -1.29. The number of halogens is 1. The molecular weight excluding hydrogens is 284 g/mol. The van der Waals surface area contributed by atoms with E-state index in [1.807, 2.05) is 30.3 Å². The third kappa shape index (κ3) is 5.04. The van der Waals surface area contributed by atoms with Gasteiger partial charge in [0.05, 0.1) is 0 Å². The number of carbonyl (C=O) groups excluding carboxylic acids is 1. The fourth-order valence-electron chi connectivity index (χ4n) is 1.08. The molecule has 0 aliphatic rings. The standard InChI is InChI=1S/C13H15BrO3/c1-10(2)12(15)16-9-13(3,14)17-11-7-5-4-6-8-11/h4-8H,1,9H2,2-3H3. The van der Waals surface area contributed by atoms with Gasteiger partial charge in [-0.15, -0.1) is 0 Å². The van der Waals surface area contributed by atoms with E-state index >= 15 is 0 Å². The topological polar surface area (TPSA) is 35.5 Å². The lowest BCUT2D eigenvalue weighted by Gasteiger charge is -2.24. The van der Waals surface area contributed by atoms with Gasteiger partial charge in [0.25, 0.3) is 0 Å². The molecule has 0 aliphatic carbocycles. The number of esters is 1. The van der Waals surface area contributed by atoms with Crippen molar-refractivity contribution < 1.29 is 14.3 Å². The second-order valence-electron chi connectivity index (χ2n) is 3.87. The fraction of sp³-hybridized carbons (Fsp3) is 0.308. The Morgan fingerprint density at radius 3 is 2.53 bits per heavy atom. The van der Waals surface area contributed by atoms with Crippen LogP contribution >= 0.6 is 15.9 Å². The fourth-order valence-corrected chi connectivity index (χ4v) is 1.38. The first-order valence-corrected chi connectivity index (χ1v) is 5.95. The van der Waals surface area contributed by atoms with E-state index in [4.69, 9.17) is 9.47 Å². The van der Waals surface area contributed by atoms with Crippen LogP contribution in [0.3, 0.4) is 0 Å². The number of benzene rings is 1. The largest absolute Gasteiger partial charge is 0.473 e. The molecule has 1 aromatic rings. The average molecular weight is 299 g/mol. The van der Waals surface area contributed by atoms with Gasteiger partial charge in [0.15, 0.2) is 4.51 Å². The van der Waals surface area contributed by atoms with Crippen molar-refractivity contribution in [1.29, 1.82) is 0 Å². The minimum atomic E-state index is -0.751. The smallest absolute Gasteiger partial charge is 0.333 e. The summed E-state index contributed by atoms with van der Waals surface area (Å²) in [7, 11) is 0. The summed E-state index contributed by atoms with van der Waals surface area (Å²) in [6, 6.07) is 9.32. The van der Waals surface area contributed by atoms with Gasteiger partial charge in [0.1, 0.15) is 12.4 Å². The second kappa shape index (κ2) is 5.87. The van der Waals surface area contributed by atoms with Crippen molar-refractivity contribution in [2.45, 2.75) is 18.4 Å². The number of alkyl halides is 1. The maximum absolute atomic E-state index is 11.2. The zero-order valence-corrected chi connectivity index (χ0v) is 11.5. The minimum absolute atomic E-state index is 0.105. The molecule has 1 atom stereocenters. The summed E-state index contributed by atoms with van der Waals surface area (Å²) in [6.45, 7) is 7.00. The van der Waals surface area contributed by atoms with Crippen molar-refractivity contribution >= 4 is 21.9 Å². The maximum atomic E-state index is 11.2. The number of carbonyl (C=O) groups is 1. The third-order valence-corrected chi connectivity index (χ3v) is 2.27. The number of hydrogen-bond donors (Lipinski definition) is 0. The highest BCUT2D eigenvalue weighted by Crippen LogP contribution is 2.24. The molecule has 0 fully saturated rings. The SMILES string of the molecule is C=C(C)C(=O)OCC(C)(Br)Oc1ccccc1. The highest BCUT2D eigenvalue weighted by Gasteiger charge is 2.24. The molecular formula is C13H15BrO3. The average Bonchev–Trinajstić information content (AvgIpc) is 2.26. The van der Waals surface area contributed by atoms with E-state index in [0.29, 0.717) is 11.3 Å². The molecule has 1 rings (SSSR count). The van der Waals surface area contributed by atoms with Gasteiger partial charge in [-0.05, 0) is 41.9 Å². The van der Waals surface area contributed by atoms with E-state index in [1.54, 1.807) is 13.8 Å². The van der Waals surface area contributed by atoms with Crippen molar-refractivity contribution in [2.75, 3.05) is 6.61 Å². The summed E-state index contributed by atoms with van der Waals surface area (Å²) in [5, 5.41) is 0. The highest BCUT2D eigenvalue weighted by atomic mass is 79.9. The van der Waals surface area contributed by atoms with E-state index in [9.17, 15) is 4.79 Å². The van der Waals surface area contributed by atoms with Crippen molar-refractivity contribution in [3.05, 3.63) is 42.5 Å². The van der Waals surface area contributed by atoms with Crippen LogP contribution in [0.15, 0.2) is 42.5 Å². The van der Waals surface area contributed by atoms with E-state index in [-0.39, 0.29) is 6.61 Å². The number of hydrogen-bond acceptors (Lipinski definition) is 3. The van der Waals surface area contributed by atoms with Crippen molar-refractivity contribution in [1.82, 2.24) is 0 Å². The minimum Gasteiger partial charge on any atom is -0.473 e. The summed E-state index contributed by atoms with van der Waals surface area (Å²) < 4.78 is 9.92. The van der Waals surface area contributed by atoms with Crippen LogP contribution < -0.4 is 4.74 Å². The predicted octanol–water partition coefficient (Wildman–Crippen LogP) is 3.30. The Morgan fingerprint density at radius 1 is 1.41 bits per heavy atom. The van der Waals surface area contributed by atoms with Gasteiger partial charge in [-0.25, -0.2) is 4.79 Å². The molecule has 0 bridgehead atoms. The zero-order chi connectivity index (χ0) is 12.9. The van der Waals surface area contributed by atoms with Crippen LogP contribution in [0.2, 0.25) is 0 Å². The van der Waals surface area contributed by atoms with Crippen molar-refractivity contribution in [3.63, 3.8) is 0 Å². The molecule has 4 heteroatoms. The predicted molar refractivity (Wildman–Crippen MR) is 70.2 cm³/mol. The third-order valence-electron chi connectivity index (χ3n) is 1.88. The van der Waals surface area contributed by atoms with Crippen LogP contribution in [0.25, 0.3) is 0 Å². The van der Waals surface area contributed by atoms with Crippen LogP contribution in [0.4, 0.5) is 0 Å². The van der Waals surface area contributed by atoms with Crippen molar-refractivity contribution in [3.8, 4) is 5.75 Å². The van der Waals surface area contributed by atoms with Gasteiger partial charge < -0.3 is 9.47 Å². The Kier molecular flexibility index (Phi) is 4.75. The van der Waals surface area contributed by atoms with Crippen LogP contribution in [-0.4, -0.2) is 17.1 Å². The Balaban J connectivity index is 2.52. The van der Waals surface area contributed by atoms with Gasteiger partial charge in [-0.2, -0.15) is 0 Å². The van der Waals surface area contributed by atoms with E-state index < -0.39 is 10.5 Å². The van der Waals surface area contributed by atoms with Crippen LogP contribution in [-0.2, 0) is 9.53 Å².